The summed E-state index contributed by atoms with van der Waals surface area (Å²) >= 11 is 1.18. The second kappa shape index (κ2) is 4.45. The SMILES string of the molecule is NC1=N[C@@]2(c3ccccc3F)COCC[C@@]2(F)CS1. The fourth-order valence-electron chi connectivity index (χ4n) is 2.70. The number of benzene rings is 1. The van der Waals surface area contributed by atoms with E-state index in [0.29, 0.717) is 6.61 Å². The van der Waals surface area contributed by atoms with Crippen LogP contribution in [0.1, 0.15) is 12.0 Å². The number of nitrogens with zero attached hydrogens (tertiary/aromatic N) is 1. The zero-order valence-corrected chi connectivity index (χ0v) is 11.1. The van der Waals surface area contributed by atoms with Crippen LogP contribution in [0.25, 0.3) is 0 Å². The van der Waals surface area contributed by atoms with Crippen LogP contribution in [-0.4, -0.2) is 29.8 Å². The third-order valence-electron chi connectivity index (χ3n) is 3.76. The molecule has 2 N–H and O–H groups in total. The maximum atomic E-state index is 15.3. The molecule has 0 radical (unpaired) electrons. The quantitative estimate of drug-likeness (QED) is 0.860. The molecule has 3 nitrogen and oxygen atoms in total. The Labute approximate surface area is 114 Å². The van der Waals surface area contributed by atoms with Crippen molar-refractivity contribution in [3.8, 4) is 0 Å². The maximum Gasteiger partial charge on any atom is 0.155 e. The lowest BCUT2D eigenvalue weighted by atomic mass is 9.74. The summed E-state index contributed by atoms with van der Waals surface area (Å²) < 4.78 is 34.8. The van der Waals surface area contributed by atoms with Crippen molar-refractivity contribution in [3.63, 3.8) is 0 Å². The molecule has 2 heterocycles. The summed E-state index contributed by atoms with van der Waals surface area (Å²) in [5, 5.41) is 0.280. The van der Waals surface area contributed by atoms with Crippen LogP contribution in [0.2, 0.25) is 0 Å². The molecule has 1 saturated heterocycles. The van der Waals surface area contributed by atoms with Crippen molar-refractivity contribution in [2.24, 2.45) is 10.7 Å². The zero-order valence-electron chi connectivity index (χ0n) is 10.2. The van der Waals surface area contributed by atoms with Crippen molar-refractivity contribution in [1.82, 2.24) is 0 Å². The Hall–Kier alpha value is -1.14. The van der Waals surface area contributed by atoms with Gasteiger partial charge in [-0.3, -0.25) is 0 Å². The number of nitrogens with two attached hydrogens (primary N) is 1. The number of halogens is 2. The van der Waals surface area contributed by atoms with Crippen LogP contribution >= 0.6 is 11.8 Å². The first-order chi connectivity index (χ1) is 9.07. The van der Waals surface area contributed by atoms with Gasteiger partial charge < -0.3 is 10.5 Å². The Bertz CT molecular complexity index is 539. The van der Waals surface area contributed by atoms with Gasteiger partial charge in [0.15, 0.2) is 10.8 Å². The topological polar surface area (TPSA) is 47.6 Å². The van der Waals surface area contributed by atoms with Crippen LogP contribution in [0, 0.1) is 5.82 Å². The summed E-state index contributed by atoms with van der Waals surface area (Å²) in [6.45, 7) is 0.342. The van der Waals surface area contributed by atoms with Gasteiger partial charge in [0.1, 0.15) is 11.4 Å². The number of hydrogen-bond donors (Lipinski definition) is 1. The molecule has 1 aromatic rings. The van der Waals surface area contributed by atoms with Crippen molar-refractivity contribution in [1.29, 1.82) is 0 Å². The molecular formula is C13H14F2N2OS. The summed E-state index contributed by atoms with van der Waals surface area (Å²) in [6, 6.07) is 6.12. The van der Waals surface area contributed by atoms with Crippen molar-refractivity contribution < 1.29 is 13.5 Å². The predicted octanol–water partition coefficient (Wildman–Crippen LogP) is 2.21. The average Bonchev–Trinajstić information content (AvgIpc) is 2.40. The Morgan fingerprint density at radius 1 is 1.37 bits per heavy atom. The van der Waals surface area contributed by atoms with Gasteiger partial charge in [-0.25, -0.2) is 13.8 Å². The van der Waals surface area contributed by atoms with Gasteiger partial charge in [0.2, 0.25) is 0 Å². The molecular weight excluding hydrogens is 270 g/mol. The Balaban J connectivity index is 2.21. The summed E-state index contributed by atoms with van der Waals surface area (Å²) in [5.41, 5.74) is 2.98. The fraction of sp³-hybridized carbons (Fsp3) is 0.462. The molecule has 0 bridgehead atoms. The normalized spacial score (nSPS) is 34.5. The first kappa shape index (κ1) is 12.9. The van der Waals surface area contributed by atoms with Crippen molar-refractivity contribution >= 4 is 16.9 Å². The minimum absolute atomic E-state index is 0.0195. The van der Waals surface area contributed by atoms with Gasteiger partial charge in [-0.15, -0.1) is 0 Å². The van der Waals surface area contributed by atoms with E-state index in [9.17, 15) is 4.39 Å². The molecule has 19 heavy (non-hydrogen) atoms. The molecule has 0 unspecified atom stereocenters. The van der Waals surface area contributed by atoms with E-state index >= 15 is 4.39 Å². The number of amidine groups is 1. The molecule has 2 aliphatic rings. The number of fused-ring (bicyclic) bond motifs is 1. The molecule has 0 aliphatic carbocycles. The van der Waals surface area contributed by atoms with E-state index in [1.165, 1.54) is 17.8 Å². The first-order valence-electron chi connectivity index (χ1n) is 6.07. The zero-order chi connectivity index (χ0) is 13.5. The van der Waals surface area contributed by atoms with Crippen molar-refractivity contribution in [3.05, 3.63) is 35.6 Å². The molecule has 2 atom stereocenters. The maximum absolute atomic E-state index is 15.3. The average molecular weight is 284 g/mol. The molecule has 0 aromatic heterocycles. The van der Waals surface area contributed by atoms with E-state index in [4.69, 9.17) is 10.5 Å². The molecule has 3 rings (SSSR count). The summed E-state index contributed by atoms with van der Waals surface area (Å²) in [7, 11) is 0. The van der Waals surface area contributed by atoms with Crippen LogP contribution in [0.4, 0.5) is 8.78 Å². The number of alkyl halides is 1. The van der Waals surface area contributed by atoms with E-state index in [1.807, 2.05) is 0 Å². The second-order valence-electron chi connectivity index (χ2n) is 4.85. The molecule has 0 saturated carbocycles. The summed E-state index contributed by atoms with van der Waals surface area (Å²) in [6.07, 6.45) is 0.200. The van der Waals surface area contributed by atoms with Crippen LogP contribution in [0.3, 0.4) is 0 Å². The van der Waals surface area contributed by atoms with Crippen LogP contribution in [0.5, 0.6) is 0 Å². The molecule has 6 heteroatoms. The lowest BCUT2D eigenvalue weighted by molar-refractivity contribution is -0.0705. The van der Waals surface area contributed by atoms with Crippen LogP contribution in [0.15, 0.2) is 29.3 Å². The predicted molar refractivity (Wildman–Crippen MR) is 71.4 cm³/mol. The third kappa shape index (κ3) is 1.85. The third-order valence-corrected chi connectivity index (χ3v) is 4.75. The molecule has 102 valence electrons. The number of rotatable bonds is 1. The summed E-state index contributed by atoms with van der Waals surface area (Å²) in [5.74, 6) is -0.293. The van der Waals surface area contributed by atoms with Crippen LogP contribution in [-0.2, 0) is 10.3 Å². The molecule has 0 amide bonds. The standard InChI is InChI=1S/C13H14F2N2OS/c14-10-4-2-1-3-9(10)13-7-18-6-5-12(13,15)8-19-11(16)17-13/h1-4H,5-8H2,(H2,16,17)/t12-,13-/m1/s1. The molecule has 1 fully saturated rings. The number of thioether (sulfide) groups is 1. The van der Waals surface area contributed by atoms with Crippen molar-refractivity contribution in [2.45, 2.75) is 17.6 Å². The van der Waals surface area contributed by atoms with Gasteiger partial charge in [-0.2, -0.15) is 0 Å². The molecule has 2 aliphatic heterocycles. The number of hydrogen-bond acceptors (Lipinski definition) is 4. The van der Waals surface area contributed by atoms with Gasteiger partial charge in [0.25, 0.3) is 0 Å². The molecule has 1 aromatic carbocycles. The van der Waals surface area contributed by atoms with Crippen LogP contribution < -0.4 is 5.73 Å². The smallest absolute Gasteiger partial charge is 0.155 e. The van der Waals surface area contributed by atoms with E-state index < -0.39 is 17.0 Å². The minimum Gasteiger partial charge on any atom is -0.379 e. The number of aliphatic imine (C=N–C) groups is 1. The molecule has 0 spiro atoms. The monoisotopic (exact) mass is 284 g/mol. The van der Waals surface area contributed by atoms with Gasteiger partial charge >= 0.3 is 0 Å². The minimum atomic E-state index is -1.62. The Kier molecular flexibility index (Phi) is 3.02. The van der Waals surface area contributed by atoms with E-state index in [2.05, 4.69) is 4.99 Å². The van der Waals surface area contributed by atoms with Gasteiger partial charge in [0, 0.05) is 24.3 Å². The second-order valence-corrected chi connectivity index (χ2v) is 5.84. The fourth-order valence-corrected chi connectivity index (χ4v) is 3.68. The van der Waals surface area contributed by atoms with E-state index in [-0.39, 0.29) is 29.5 Å². The Morgan fingerprint density at radius 3 is 2.95 bits per heavy atom. The lowest BCUT2D eigenvalue weighted by Crippen LogP contribution is -2.59. The Morgan fingerprint density at radius 2 is 2.16 bits per heavy atom. The highest BCUT2D eigenvalue weighted by Gasteiger charge is 2.58. The van der Waals surface area contributed by atoms with Crippen molar-refractivity contribution in [2.75, 3.05) is 19.0 Å². The van der Waals surface area contributed by atoms with Gasteiger partial charge in [-0.1, -0.05) is 30.0 Å². The van der Waals surface area contributed by atoms with E-state index in [0.717, 1.165) is 0 Å². The summed E-state index contributed by atoms with van der Waals surface area (Å²) in [4.78, 5) is 4.26. The van der Waals surface area contributed by atoms with Gasteiger partial charge in [-0.05, 0) is 6.07 Å². The highest BCUT2D eigenvalue weighted by Crippen LogP contribution is 2.50. The van der Waals surface area contributed by atoms with E-state index in [1.54, 1.807) is 18.2 Å². The lowest BCUT2D eigenvalue weighted by Gasteiger charge is -2.48. The highest BCUT2D eigenvalue weighted by atomic mass is 32.2. The van der Waals surface area contributed by atoms with Gasteiger partial charge in [0.05, 0.1) is 6.61 Å². The number of ether oxygens (including phenoxy) is 1. The highest BCUT2D eigenvalue weighted by molar-refractivity contribution is 8.13. The first-order valence-corrected chi connectivity index (χ1v) is 7.06. The largest absolute Gasteiger partial charge is 0.379 e.